The molecule has 0 unspecified atom stereocenters. The van der Waals surface area contributed by atoms with Crippen LogP contribution in [0, 0.1) is 0 Å². The number of aliphatic imine (C=N–C) groups is 2. The molecule has 0 aromatic heterocycles. The van der Waals surface area contributed by atoms with Crippen molar-refractivity contribution < 1.29 is 4.79 Å². The molecule has 35 valence electrons. The summed E-state index contributed by atoms with van der Waals surface area (Å²) in [5.74, 6) is 0. The molecule has 0 aliphatic carbocycles. The Labute approximate surface area is 40.0 Å². The summed E-state index contributed by atoms with van der Waals surface area (Å²) < 4.78 is 0. The zero-order chi connectivity index (χ0) is 5.11. The monoisotopic (exact) mass is 96.0 g/mol. The molecule has 2 amide bonds. The average molecular weight is 96.1 g/mol. The molecule has 0 bridgehead atoms. The van der Waals surface area contributed by atoms with Crippen LogP contribution in [0.25, 0.3) is 0 Å². The maximum Gasteiger partial charge on any atom is 0.369 e. The molecule has 0 aromatic rings. The minimum atomic E-state index is -0.491. The Morgan fingerprint density at radius 1 is 1.29 bits per heavy atom. The fourth-order valence-corrected chi connectivity index (χ4v) is 0.229. The first-order chi connectivity index (χ1) is 3.39. The van der Waals surface area contributed by atoms with Crippen molar-refractivity contribution in [2.45, 2.75) is 0 Å². The summed E-state index contributed by atoms with van der Waals surface area (Å²) in [6.07, 6.45) is 2.32. The Balaban J connectivity index is 2.66. The number of urea groups is 1. The molecule has 0 saturated heterocycles. The van der Waals surface area contributed by atoms with E-state index < -0.39 is 6.03 Å². The lowest BCUT2D eigenvalue weighted by atomic mass is 10.9. The van der Waals surface area contributed by atoms with Gasteiger partial charge in [-0.15, -0.1) is 0 Å². The third-order valence-electron chi connectivity index (χ3n) is 0.470. The highest BCUT2D eigenvalue weighted by Gasteiger charge is 1.92. The van der Waals surface area contributed by atoms with Crippen molar-refractivity contribution in [1.29, 1.82) is 0 Å². The Morgan fingerprint density at radius 2 is 1.86 bits per heavy atom. The minimum absolute atomic E-state index is 0.491. The fourth-order valence-electron chi connectivity index (χ4n) is 0.229. The van der Waals surface area contributed by atoms with Gasteiger partial charge in [-0.1, -0.05) is 0 Å². The molecule has 0 spiro atoms. The number of carbonyl (C=O) groups excluding carboxylic acids is 1. The van der Waals surface area contributed by atoms with Gasteiger partial charge in [-0.25, -0.2) is 10.1 Å². The van der Waals surface area contributed by atoms with Crippen LogP contribution in [0.1, 0.15) is 0 Å². The molecule has 7 heavy (non-hydrogen) atoms. The molecule has 1 heterocycles. The molecular weight excluding hydrogens is 94.1 g/mol. The lowest BCUT2D eigenvalue weighted by Gasteiger charge is -1.87. The third kappa shape index (κ3) is 0.819. The van der Waals surface area contributed by atoms with Crippen molar-refractivity contribution in [3.8, 4) is 0 Å². The highest BCUT2D eigenvalue weighted by molar-refractivity contribution is 5.96. The zero-order valence-corrected chi connectivity index (χ0v) is 3.40. The van der Waals surface area contributed by atoms with Crippen LogP contribution in [-0.2, 0) is 0 Å². The Morgan fingerprint density at radius 3 is 2.14 bits per heavy atom. The van der Waals surface area contributed by atoms with Crippen LogP contribution in [0.4, 0.5) is 4.79 Å². The zero-order valence-electron chi connectivity index (χ0n) is 3.40. The van der Waals surface area contributed by atoms with Crippen LogP contribution in [0.2, 0.25) is 0 Å². The van der Waals surface area contributed by atoms with Gasteiger partial charge in [-0.2, -0.15) is 9.98 Å². The van der Waals surface area contributed by atoms with Crippen LogP contribution in [-0.4, -0.2) is 18.7 Å². The summed E-state index contributed by atoms with van der Waals surface area (Å²) in [6, 6.07) is -0.491. The average Bonchev–Trinajstić information content (AvgIpc) is 1.69. The van der Waals surface area contributed by atoms with E-state index in [0.717, 1.165) is 12.7 Å². The summed E-state index contributed by atoms with van der Waals surface area (Å²) in [6.45, 7) is 0. The molecule has 1 aliphatic heterocycles. The third-order valence-corrected chi connectivity index (χ3v) is 0.470. The summed E-state index contributed by atoms with van der Waals surface area (Å²) in [5, 5.41) is 3.42. The maximum absolute atomic E-state index is 10.0. The summed E-state index contributed by atoms with van der Waals surface area (Å²) >= 11 is 0. The molecule has 1 aliphatic rings. The molecule has 1 radical (unpaired) electrons. The first kappa shape index (κ1) is 3.98. The van der Waals surface area contributed by atoms with Crippen LogP contribution in [0.3, 0.4) is 0 Å². The molecule has 0 saturated carbocycles. The van der Waals surface area contributed by atoms with E-state index in [9.17, 15) is 4.79 Å². The largest absolute Gasteiger partial charge is 0.369 e. The normalized spacial score (nSPS) is 16.9. The number of carbonyl (C=O) groups is 1. The van der Waals surface area contributed by atoms with Gasteiger partial charge in [0.25, 0.3) is 0 Å². The highest BCUT2D eigenvalue weighted by atomic mass is 16.2. The van der Waals surface area contributed by atoms with E-state index in [1.807, 2.05) is 0 Å². The standard InChI is InChI=1S/C3H2N3O/c7-3-5-1-4-2-6-3/h1-2H. The van der Waals surface area contributed by atoms with E-state index in [4.69, 9.17) is 0 Å². The van der Waals surface area contributed by atoms with Gasteiger partial charge in [0, 0.05) is 0 Å². The molecular formula is C3H2N3O. The van der Waals surface area contributed by atoms with Gasteiger partial charge in [0.1, 0.15) is 12.7 Å². The topological polar surface area (TPSA) is 55.9 Å². The first-order valence-corrected chi connectivity index (χ1v) is 1.68. The van der Waals surface area contributed by atoms with Crippen molar-refractivity contribution in [3.63, 3.8) is 0 Å². The van der Waals surface area contributed by atoms with E-state index in [0.29, 0.717) is 0 Å². The first-order valence-electron chi connectivity index (χ1n) is 1.68. The van der Waals surface area contributed by atoms with Crippen LogP contribution < -0.4 is 5.32 Å². The predicted molar refractivity (Wildman–Crippen MR) is 24.5 cm³/mol. The van der Waals surface area contributed by atoms with Crippen molar-refractivity contribution in [2.24, 2.45) is 9.98 Å². The summed E-state index contributed by atoms with van der Waals surface area (Å²) in [5.41, 5.74) is 0. The Kier molecular flexibility index (Phi) is 0.856. The van der Waals surface area contributed by atoms with Crippen molar-refractivity contribution >= 4 is 18.7 Å². The number of hydrogen-bond acceptors (Lipinski definition) is 1. The minimum Gasteiger partial charge on any atom is -0.244 e. The lowest BCUT2D eigenvalue weighted by molar-refractivity contribution is 0.257. The fraction of sp³-hybridized carbons (Fsp3) is 0. The molecule has 0 atom stereocenters. The number of hydrogen-bond donors (Lipinski definition) is 0. The number of nitrogens with zero attached hydrogens (tertiary/aromatic N) is 3. The second kappa shape index (κ2) is 1.51. The van der Waals surface area contributed by atoms with Crippen molar-refractivity contribution in [2.75, 3.05) is 0 Å². The van der Waals surface area contributed by atoms with Gasteiger partial charge < -0.3 is 0 Å². The smallest absolute Gasteiger partial charge is 0.244 e. The predicted octanol–water partition coefficient (Wildman–Crippen LogP) is -0.219. The molecule has 1 rings (SSSR count). The van der Waals surface area contributed by atoms with E-state index in [-0.39, 0.29) is 0 Å². The molecule has 0 N–H and O–H groups in total. The molecule has 4 heteroatoms. The Hall–Kier alpha value is -1.19. The summed E-state index contributed by atoms with van der Waals surface area (Å²) in [7, 11) is 0. The van der Waals surface area contributed by atoms with Crippen molar-refractivity contribution in [3.05, 3.63) is 0 Å². The highest BCUT2D eigenvalue weighted by Crippen LogP contribution is 1.79. The van der Waals surface area contributed by atoms with Gasteiger partial charge in [0.05, 0.1) is 0 Å². The molecule has 0 fully saturated rings. The van der Waals surface area contributed by atoms with Crippen LogP contribution in [0.15, 0.2) is 9.98 Å². The second-order valence-corrected chi connectivity index (χ2v) is 0.921. The van der Waals surface area contributed by atoms with E-state index in [1.165, 1.54) is 0 Å². The van der Waals surface area contributed by atoms with Gasteiger partial charge in [-0.05, 0) is 0 Å². The Bertz CT molecular complexity index is 123. The number of rotatable bonds is 0. The van der Waals surface area contributed by atoms with Crippen LogP contribution >= 0.6 is 0 Å². The van der Waals surface area contributed by atoms with Crippen molar-refractivity contribution in [1.82, 2.24) is 5.32 Å². The lowest BCUT2D eigenvalue weighted by Crippen LogP contribution is -2.06. The summed E-state index contributed by atoms with van der Waals surface area (Å²) in [4.78, 5) is 16.4. The van der Waals surface area contributed by atoms with Gasteiger partial charge in [-0.3, -0.25) is 0 Å². The van der Waals surface area contributed by atoms with Gasteiger partial charge in [0.15, 0.2) is 0 Å². The van der Waals surface area contributed by atoms with E-state index in [1.54, 1.807) is 0 Å². The quantitative estimate of drug-likeness (QED) is 0.411. The maximum atomic E-state index is 10.0. The second-order valence-electron chi connectivity index (χ2n) is 0.921. The van der Waals surface area contributed by atoms with Gasteiger partial charge >= 0.3 is 6.03 Å². The van der Waals surface area contributed by atoms with Crippen LogP contribution in [0.5, 0.6) is 0 Å². The SMILES string of the molecule is O=C1N=C[N]C=N1. The van der Waals surface area contributed by atoms with Gasteiger partial charge in [0.2, 0.25) is 0 Å². The number of amides is 2. The van der Waals surface area contributed by atoms with E-state index >= 15 is 0 Å². The van der Waals surface area contributed by atoms with E-state index in [2.05, 4.69) is 15.3 Å². The molecule has 4 nitrogen and oxygen atoms in total. The molecule has 0 aromatic carbocycles.